The van der Waals surface area contributed by atoms with Crippen LogP contribution in [0.3, 0.4) is 0 Å². The maximum absolute atomic E-state index is 0. The van der Waals surface area contributed by atoms with Gasteiger partial charge in [-0.15, -0.1) is 0 Å². The van der Waals surface area contributed by atoms with Gasteiger partial charge in [-0.25, -0.2) is 0 Å². The van der Waals surface area contributed by atoms with Crippen molar-refractivity contribution in [3.63, 3.8) is 0 Å². The van der Waals surface area contributed by atoms with Gasteiger partial charge in [0.1, 0.15) is 0 Å². The molecule has 0 saturated carbocycles. The summed E-state index contributed by atoms with van der Waals surface area (Å²) in [6.07, 6.45) is 0. The summed E-state index contributed by atoms with van der Waals surface area (Å²) in [5.74, 6) is 0. The zero-order valence-corrected chi connectivity index (χ0v) is 14.4. The Bertz CT molecular complexity index is 8.00. The topological polar surface area (TPSA) is 0 Å². The van der Waals surface area contributed by atoms with Crippen LogP contribution in [0.25, 0.3) is 0 Å². The molecule has 1 unspecified atom stereocenters. The van der Waals surface area contributed by atoms with Crippen LogP contribution < -0.4 is 0 Å². The molecule has 0 aliphatic carbocycles. The summed E-state index contributed by atoms with van der Waals surface area (Å²) < 4.78 is 0. The molecule has 1 atom stereocenters. The summed E-state index contributed by atoms with van der Waals surface area (Å²) in [7, 11) is 0. The van der Waals surface area contributed by atoms with Crippen molar-refractivity contribution in [2.24, 2.45) is 0 Å². The molecule has 0 aliphatic heterocycles. The normalized spacial score (nSPS) is 0. The first-order valence-electron chi connectivity index (χ1n) is 0. The fourth-order valence-electron chi connectivity index (χ4n) is 0. The second-order valence-electron chi connectivity index (χ2n) is 0. The van der Waals surface area contributed by atoms with Gasteiger partial charge in [0, 0.05) is 27.3 Å². The van der Waals surface area contributed by atoms with E-state index in [-0.39, 0.29) is 86.0 Å². The molecule has 0 saturated heterocycles. The third-order valence-corrected chi connectivity index (χ3v) is 0. The van der Waals surface area contributed by atoms with E-state index < -0.39 is 0 Å². The van der Waals surface area contributed by atoms with E-state index in [0.29, 0.717) is 0 Å². The average Bonchev–Trinajstić information content (AvgIpc) is 0. The van der Waals surface area contributed by atoms with Crippen LogP contribution in [0.15, 0.2) is 0 Å². The van der Waals surface area contributed by atoms with Crippen LogP contribution in [-0.2, 0) is 27.3 Å². The van der Waals surface area contributed by atoms with E-state index in [1.807, 2.05) is 0 Å². The first-order chi connectivity index (χ1) is 0. The van der Waals surface area contributed by atoms with E-state index >= 15 is 0 Å². The Kier molecular flexibility index (Phi) is 125. The van der Waals surface area contributed by atoms with Crippen molar-refractivity contribution in [3.8, 4) is 0 Å². The quantitative estimate of drug-likeness (QED) is 0.380. The van der Waals surface area contributed by atoms with E-state index in [0.717, 1.165) is 0 Å². The third kappa shape index (κ3) is 8.84. The molecule has 26 valence electrons. The predicted molar refractivity (Wildman–Crippen MR) is 27.0 cm³/mol. The van der Waals surface area contributed by atoms with Crippen LogP contribution >= 0.6 is 0 Å². The Hall–Kier alpha value is 2.79. The summed E-state index contributed by atoms with van der Waals surface area (Å²) in [5.41, 5.74) is 0. The van der Waals surface area contributed by atoms with E-state index in [2.05, 4.69) is 0 Å². The Morgan fingerprint density at radius 1 is 1.00 bits per heavy atom. The van der Waals surface area contributed by atoms with E-state index in [1.165, 1.54) is 0 Å². The molecule has 0 bridgehead atoms. The van der Waals surface area contributed by atoms with E-state index in [4.69, 9.17) is 0 Å². The van der Waals surface area contributed by atoms with Crippen molar-refractivity contribution in [2.45, 2.75) is 0 Å². The van der Waals surface area contributed by atoms with Crippen molar-refractivity contribution in [1.29, 1.82) is 0 Å². The van der Waals surface area contributed by atoms with Crippen LogP contribution in [0.5, 0.6) is 0 Å². The van der Waals surface area contributed by atoms with Crippen LogP contribution in [-0.4, -0.2) is 58.7 Å². The Morgan fingerprint density at radius 3 is 1.00 bits per heavy atom. The van der Waals surface area contributed by atoms with Gasteiger partial charge < -0.3 is 0 Å². The summed E-state index contributed by atoms with van der Waals surface area (Å²) in [6, 6.07) is 0. The molecule has 0 aromatic heterocycles. The molecular formula is H7AsCdSeTe. The molecule has 4 heavy (non-hydrogen) atoms. The first kappa shape index (κ1) is 29.2. The van der Waals surface area contributed by atoms with Crippen molar-refractivity contribution in [1.82, 2.24) is 0 Å². The molecule has 0 rings (SSSR count). The van der Waals surface area contributed by atoms with Gasteiger partial charge in [-0.2, -0.15) is 0 Å². The summed E-state index contributed by atoms with van der Waals surface area (Å²) >= 11 is 0. The SMILES string of the molecule is [AsH3].[Cd].[SeH2].[TeH2]. The van der Waals surface area contributed by atoms with Crippen molar-refractivity contribution in [2.75, 3.05) is 0 Å². The van der Waals surface area contributed by atoms with Gasteiger partial charge in [-0.1, -0.05) is 0 Å². The predicted octanol–water partition coefficient (Wildman–Crippen LogP) is -3.02. The number of rotatable bonds is 0. The molecule has 0 aromatic carbocycles. The van der Waals surface area contributed by atoms with Crippen LogP contribution in [0.2, 0.25) is 0 Å². The molecule has 0 aromatic rings. The van der Waals surface area contributed by atoms with E-state index in [9.17, 15) is 0 Å². The molecule has 0 aliphatic rings. The van der Waals surface area contributed by atoms with Gasteiger partial charge in [0.05, 0.1) is 0 Å². The van der Waals surface area contributed by atoms with E-state index in [1.54, 1.807) is 0 Å². The van der Waals surface area contributed by atoms with Crippen LogP contribution in [0.1, 0.15) is 0 Å². The zero-order valence-electron chi connectivity index (χ0n) is 2.41. The first-order valence-corrected chi connectivity index (χ1v) is 0. The maximum atomic E-state index is 0. The van der Waals surface area contributed by atoms with Gasteiger partial charge in [0.25, 0.3) is 0 Å². The second-order valence-corrected chi connectivity index (χ2v) is 0. The van der Waals surface area contributed by atoms with Crippen molar-refractivity contribution >= 4 is 58.7 Å². The van der Waals surface area contributed by atoms with Gasteiger partial charge in [-0.3, -0.25) is 0 Å². The number of hydrogen-bond acceptors (Lipinski definition) is 0. The zero-order chi connectivity index (χ0) is 0. The van der Waals surface area contributed by atoms with Crippen molar-refractivity contribution in [3.05, 3.63) is 0 Å². The van der Waals surface area contributed by atoms with Gasteiger partial charge in [-0.05, 0) is 0 Å². The fraction of sp³-hybridized carbons (Fsp3) is 0. The molecule has 0 fully saturated rings. The Morgan fingerprint density at radius 2 is 1.00 bits per heavy atom. The minimum atomic E-state index is 0. The Balaban J connectivity index is 0. The molecule has 0 spiro atoms. The number of hydrogen-bond donors (Lipinski definition) is 0. The molecule has 0 N–H and O–H groups in total. The molecular weight excluding hydrogens is 394 g/mol. The molecule has 0 amide bonds. The summed E-state index contributed by atoms with van der Waals surface area (Å²) in [6.45, 7) is 0. The van der Waals surface area contributed by atoms with Gasteiger partial charge in [0.2, 0.25) is 0 Å². The van der Waals surface area contributed by atoms with Gasteiger partial charge in [0.15, 0.2) is 0 Å². The van der Waals surface area contributed by atoms with Crippen molar-refractivity contribution < 1.29 is 27.3 Å². The summed E-state index contributed by atoms with van der Waals surface area (Å²) in [5, 5.41) is 0. The third-order valence-electron chi connectivity index (χ3n) is 0. The standard InChI is InChI=1S/AsH3.Cd.H2Se.H2Te/h1H3;;2*1H2. The second kappa shape index (κ2) is 17.1. The average molecular weight is 401 g/mol. The molecule has 0 heterocycles. The molecule has 0 nitrogen and oxygen atoms in total. The molecule has 4 heteroatoms. The molecule has 0 radical (unpaired) electrons. The Labute approximate surface area is 84.5 Å². The monoisotopic (exact) mass is 406 g/mol. The van der Waals surface area contributed by atoms with Gasteiger partial charge >= 0.3 is 58.7 Å². The minimum absolute atomic E-state index is 0. The fourth-order valence-corrected chi connectivity index (χ4v) is 0. The van der Waals surface area contributed by atoms with Crippen LogP contribution in [0.4, 0.5) is 0 Å². The summed E-state index contributed by atoms with van der Waals surface area (Å²) in [4.78, 5) is 0. The van der Waals surface area contributed by atoms with Crippen LogP contribution in [0, 0.1) is 0 Å².